The number of rotatable bonds is 4. The number of hydrogen-bond acceptors (Lipinski definition) is 5. The molecule has 0 radical (unpaired) electrons. The molecule has 0 aliphatic heterocycles. The van der Waals surface area contributed by atoms with Crippen molar-refractivity contribution in [3.63, 3.8) is 0 Å². The molecule has 1 aromatic carbocycles. The van der Waals surface area contributed by atoms with E-state index in [1.54, 1.807) is 12.1 Å². The molecule has 0 fully saturated rings. The van der Waals surface area contributed by atoms with Crippen molar-refractivity contribution >= 4 is 11.3 Å². The Labute approximate surface area is 116 Å². The van der Waals surface area contributed by atoms with Gasteiger partial charge in [-0.15, -0.1) is 11.3 Å². The number of aromatic nitrogens is 2. The second kappa shape index (κ2) is 5.38. The summed E-state index contributed by atoms with van der Waals surface area (Å²) in [6, 6.07) is 9.81. The maximum atomic E-state index is 12.0. The van der Waals surface area contributed by atoms with Crippen LogP contribution in [-0.4, -0.2) is 16.8 Å². The van der Waals surface area contributed by atoms with Crippen molar-refractivity contribution in [2.45, 2.75) is 6.61 Å². The minimum absolute atomic E-state index is 0.0849. The lowest BCUT2D eigenvalue weighted by molar-refractivity contribution is -0.0498. The lowest BCUT2D eigenvalue weighted by Crippen LogP contribution is -2.01. The third-order valence-corrected chi connectivity index (χ3v) is 3.36. The highest BCUT2D eigenvalue weighted by atomic mass is 32.1. The molecule has 0 spiro atoms. The summed E-state index contributed by atoms with van der Waals surface area (Å²) in [7, 11) is 0. The summed E-state index contributed by atoms with van der Waals surface area (Å²) in [6.07, 6.45) is 0. The van der Waals surface area contributed by atoms with E-state index in [0.717, 1.165) is 4.88 Å². The normalized spacial score (nSPS) is 10.9. The highest BCUT2D eigenvalue weighted by Crippen LogP contribution is 2.26. The van der Waals surface area contributed by atoms with E-state index in [2.05, 4.69) is 14.9 Å². The summed E-state index contributed by atoms with van der Waals surface area (Å²) >= 11 is 1.51. The van der Waals surface area contributed by atoms with Crippen molar-refractivity contribution < 1.29 is 18.0 Å². The van der Waals surface area contributed by atoms with Gasteiger partial charge in [0.05, 0.1) is 4.88 Å². The van der Waals surface area contributed by atoms with Crippen LogP contribution in [0.4, 0.5) is 8.78 Å². The van der Waals surface area contributed by atoms with Gasteiger partial charge in [-0.25, -0.2) is 0 Å². The van der Waals surface area contributed by atoms with E-state index in [1.807, 2.05) is 17.5 Å². The molecule has 0 aliphatic rings. The fourth-order valence-corrected chi connectivity index (χ4v) is 2.27. The largest absolute Gasteiger partial charge is 0.435 e. The Bertz CT molecular complexity index is 681. The first kappa shape index (κ1) is 12.7. The Morgan fingerprint density at radius 3 is 2.60 bits per heavy atom. The number of benzene rings is 1. The molecule has 2 aromatic heterocycles. The Morgan fingerprint density at radius 1 is 1.15 bits per heavy atom. The summed E-state index contributed by atoms with van der Waals surface area (Å²) in [4.78, 5) is 5.16. The minimum atomic E-state index is -2.84. The van der Waals surface area contributed by atoms with Crippen LogP contribution >= 0.6 is 11.3 Å². The minimum Gasteiger partial charge on any atom is -0.435 e. The van der Waals surface area contributed by atoms with Crippen LogP contribution < -0.4 is 4.74 Å². The summed E-state index contributed by atoms with van der Waals surface area (Å²) in [5.41, 5.74) is 0.641. The zero-order valence-electron chi connectivity index (χ0n) is 9.99. The maximum absolute atomic E-state index is 12.0. The SMILES string of the molecule is FC(F)Oc1ccc(-c2nc(-c3cccs3)no2)cc1. The van der Waals surface area contributed by atoms with Gasteiger partial charge in [-0.3, -0.25) is 0 Å². The van der Waals surface area contributed by atoms with Crippen molar-refractivity contribution in [2.75, 3.05) is 0 Å². The zero-order valence-corrected chi connectivity index (χ0v) is 10.8. The molecule has 7 heteroatoms. The van der Waals surface area contributed by atoms with E-state index in [-0.39, 0.29) is 5.75 Å². The third kappa shape index (κ3) is 2.67. The van der Waals surface area contributed by atoms with E-state index < -0.39 is 6.61 Å². The van der Waals surface area contributed by atoms with Gasteiger partial charge in [0.15, 0.2) is 0 Å². The zero-order chi connectivity index (χ0) is 13.9. The Balaban J connectivity index is 1.83. The van der Waals surface area contributed by atoms with Crippen molar-refractivity contribution in [3.05, 3.63) is 41.8 Å². The molecule has 0 unspecified atom stereocenters. The van der Waals surface area contributed by atoms with Crippen molar-refractivity contribution in [3.8, 4) is 27.9 Å². The summed E-state index contributed by atoms with van der Waals surface area (Å²) < 4.78 is 33.5. The molecule has 0 atom stereocenters. The third-order valence-electron chi connectivity index (χ3n) is 2.49. The molecule has 102 valence electrons. The predicted molar refractivity (Wildman–Crippen MR) is 69.7 cm³/mol. The summed E-state index contributed by atoms with van der Waals surface area (Å²) in [5.74, 6) is 0.918. The lowest BCUT2D eigenvalue weighted by Gasteiger charge is -2.03. The molecule has 0 saturated carbocycles. The van der Waals surface area contributed by atoms with Crippen LogP contribution in [0.25, 0.3) is 22.2 Å². The van der Waals surface area contributed by atoms with Crippen LogP contribution in [0, 0.1) is 0 Å². The average molecular weight is 294 g/mol. The number of ether oxygens (including phenoxy) is 1. The monoisotopic (exact) mass is 294 g/mol. The smallest absolute Gasteiger partial charge is 0.387 e. The van der Waals surface area contributed by atoms with Gasteiger partial charge in [0.2, 0.25) is 5.82 Å². The van der Waals surface area contributed by atoms with Crippen LogP contribution in [-0.2, 0) is 0 Å². The van der Waals surface area contributed by atoms with E-state index in [0.29, 0.717) is 17.3 Å². The molecule has 4 nitrogen and oxygen atoms in total. The van der Waals surface area contributed by atoms with Crippen LogP contribution in [0.3, 0.4) is 0 Å². The molecular formula is C13H8F2N2O2S. The number of nitrogens with zero attached hydrogens (tertiary/aromatic N) is 2. The highest BCUT2D eigenvalue weighted by molar-refractivity contribution is 7.13. The van der Waals surface area contributed by atoms with Crippen molar-refractivity contribution in [1.29, 1.82) is 0 Å². The van der Waals surface area contributed by atoms with E-state index in [9.17, 15) is 8.78 Å². The maximum Gasteiger partial charge on any atom is 0.387 e. The van der Waals surface area contributed by atoms with Gasteiger partial charge in [0.25, 0.3) is 5.89 Å². The molecule has 0 saturated heterocycles. The highest BCUT2D eigenvalue weighted by Gasteiger charge is 2.11. The molecule has 0 N–H and O–H groups in total. The Hall–Kier alpha value is -2.28. The molecule has 20 heavy (non-hydrogen) atoms. The first-order valence-electron chi connectivity index (χ1n) is 5.65. The number of hydrogen-bond donors (Lipinski definition) is 0. The van der Waals surface area contributed by atoms with Crippen molar-refractivity contribution in [2.24, 2.45) is 0 Å². The number of halogens is 2. The van der Waals surface area contributed by atoms with Crippen LogP contribution in [0.1, 0.15) is 0 Å². The Kier molecular flexibility index (Phi) is 3.42. The predicted octanol–water partition coefficient (Wildman–Crippen LogP) is 4.07. The van der Waals surface area contributed by atoms with Crippen LogP contribution in [0.2, 0.25) is 0 Å². The lowest BCUT2D eigenvalue weighted by atomic mass is 10.2. The van der Waals surface area contributed by atoms with E-state index >= 15 is 0 Å². The fourth-order valence-electron chi connectivity index (χ4n) is 1.63. The molecule has 0 amide bonds. The first-order chi connectivity index (χ1) is 9.72. The standard InChI is InChI=1S/C13H8F2N2O2S/c14-13(15)18-9-5-3-8(4-6-9)12-16-11(17-19-12)10-2-1-7-20-10/h1-7,13H. The average Bonchev–Trinajstić information content (AvgIpc) is 3.10. The summed E-state index contributed by atoms with van der Waals surface area (Å²) in [5, 5.41) is 5.80. The molecule has 3 aromatic rings. The molecule has 0 bridgehead atoms. The van der Waals surface area contributed by atoms with Gasteiger partial charge in [-0.05, 0) is 35.7 Å². The number of alkyl halides is 2. The van der Waals surface area contributed by atoms with E-state index in [1.165, 1.54) is 23.5 Å². The Morgan fingerprint density at radius 2 is 1.95 bits per heavy atom. The van der Waals surface area contributed by atoms with Gasteiger partial charge in [0, 0.05) is 5.56 Å². The quantitative estimate of drug-likeness (QED) is 0.728. The molecule has 3 rings (SSSR count). The molecule has 2 heterocycles. The van der Waals surface area contributed by atoms with Crippen LogP contribution in [0.5, 0.6) is 5.75 Å². The molecular weight excluding hydrogens is 286 g/mol. The van der Waals surface area contributed by atoms with Gasteiger partial charge < -0.3 is 9.26 Å². The van der Waals surface area contributed by atoms with Gasteiger partial charge >= 0.3 is 6.61 Å². The van der Waals surface area contributed by atoms with Gasteiger partial charge in [0.1, 0.15) is 5.75 Å². The summed E-state index contributed by atoms with van der Waals surface area (Å²) in [6.45, 7) is -2.84. The second-order valence-electron chi connectivity index (χ2n) is 3.80. The molecule has 0 aliphatic carbocycles. The first-order valence-corrected chi connectivity index (χ1v) is 6.53. The van der Waals surface area contributed by atoms with E-state index in [4.69, 9.17) is 4.52 Å². The fraction of sp³-hybridized carbons (Fsp3) is 0.0769. The number of thiophene rings is 1. The topological polar surface area (TPSA) is 48.2 Å². The van der Waals surface area contributed by atoms with Crippen molar-refractivity contribution in [1.82, 2.24) is 10.1 Å². The van der Waals surface area contributed by atoms with Crippen LogP contribution in [0.15, 0.2) is 46.3 Å². The second-order valence-corrected chi connectivity index (χ2v) is 4.75. The van der Waals surface area contributed by atoms with Gasteiger partial charge in [-0.1, -0.05) is 11.2 Å². The van der Waals surface area contributed by atoms with Gasteiger partial charge in [-0.2, -0.15) is 13.8 Å².